The van der Waals surface area contributed by atoms with Crippen molar-refractivity contribution in [1.82, 2.24) is 15.3 Å². The van der Waals surface area contributed by atoms with Crippen molar-refractivity contribution in [3.05, 3.63) is 53.9 Å². The number of pyridine rings is 1. The van der Waals surface area contributed by atoms with Gasteiger partial charge in [-0.3, -0.25) is 4.79 Å². The third-order valence-corrected chi connectivity index (χ3v) is 6.55. The number of hydrogen-bond donors (Lipinski definition) is 2. The van der Waals surface area contributed by atoms with Crippen molar-refractivity contribution >= 4 is 34.2 Å². The van der Waals surface area contributed by atoms with E-state index in [2.05, 4.69) is 25.2 Å². The number of ether oxygens (including phenoxy) is 1. The van der Waals surface area contributed by atoms with Crippen LogP contribution >= 0.6 is 0 Å². The van der Waals surface area contributed by atoms with Gasteiger partial charge in [0.1, 0.15) is 17.5 Å². The molecule has 2 fully saturated rings. The van der Waals surface area contributed by atoms with Crippen molar-refractivity contribution in [3.63, 3.8) is 0 Å². The predicted octanol–water partition coefficient (Wildman–Crippen LogP) is 5.07. The Bertz CT molecular complexity index is 1230. The number of benzene rings is 1. The number of nitrogens with zero attached hydrogens (tertiary/aromatic N) is 3. The Morgan fingerprint density at radius 1 is 1.20 bits per heavy atom. The van der Waals surface area contributed by atoms with Gasteiger partial charge in [0.05, 0.1) is 24.3 Å². The van der Waals surface area contributed by atoms with Crippen molar-refractivity contribution in [2.75, 3.05) is 31.2 Å². The average Bonchev–Trinajstić information content (AvgIpc) is 3.23. The fraction of sp³-hybridized carbons (Fsp3) is 0.400. The van der Waals surface area contributed by atoms with Crippen molar-refractivity contribution in [1.29, 1.82) is 0 Å². The Kier molecular flexibility index (Phi) is 6.46. The molecule has 2 N–H and O–H groups in total. The topological polar surface area (TPSA) is 82.6 Å². The molecule has 2 aliphatic rings. The number of fused-ring (bicyclic) bond motifs is 1. The number of nitrogens with one attached hydrogen (secondary N) is 2. The van der Waals surface area contributed by atoms with Crippen LogP contribution in [0.1, 0.15) is 41.6 Å². The molecule has 1 amide bonds. The van der Waals surface area contributed by atoms with E-state index in [-0.39, 0.29) is 5.91 Å². The summed E-state index contributed by atoms with van der Waals surface area (Å²) in [6.07, 6.45) is 2.49. The van der Waals surface area contributed by atoms with Gasteiger partial charge in [-0.1, -0.05) is 19.3 Å². The molecule has 1 saturated heterocycles. The number of halogens is 3. The lowest BCUT2D eigenvalue weighted by atomic mass is 9.82. The van der Waals surface area contributed by atoms with E-state index in [9.17, 15) is 18.0 Å². The first-order chi connectivity index (χ1) is 16.9. The Hall–Kier alpha value is -3.40. The fourth-order valence-corrected chi connectivity index (χ4v) is 4.32. The molecule has 1 aliphatic heterocycles. The van der Waals surface area contributed by atoms with Gasteiger partial charge in [0.25, 0.3) is 5.91 Å². The predicted molar refractivity (Wildman–Crippen MR) is 127 cm³/mol. The molecule has 3 heterocycles. The molecule has 0 unspecified atom stereocenters. The van der Waals surface area contributed by atoms with E-state index in [1.165, 1.54) is 12.3 Å². The van der Waals surface area contributed by atoms with E-state index >= 15 is 0 Å². The molecule has 7 nitrogen and oxygen atoms in total. The fourth-order valence-electron chi connectivity index (χ4n) is 4.32. The number of anilines is 1. The van der Waals surface area contributed by atoms with Gasteiger partial charge in [0.15, 0.2) is 0 Å². The number of amides is 1. The first-order valence-electron chi connectivity index (χ1n) is 11.7. The number of carbonyl (C=O) groups excluding carboxylic acids is 1. The van der Waals surface area contributed by atoms with Crippen molar-refractivity contribution in [2.24, 2.45) is 10.9 Å². The maximum absolute atomic E-state index is 13.1. The average molecular weight is 486 g/mol. The highest BCUT2D eigenvalue weighted by molar-refractivity contribution is 6.07. The van der Waals surface area contributed by atoms with Crippen LogP contribution in [0.15, 0.2) is 47.7 Å². The third-order valence-electron chi connectivity index (χ3n) is 6.55. The summed E-state index contributed by atoms with van der Waals surface area (Å²) in [6, 6.07) is 7.10. The minimum absolute atomic E-state index is 0.320. The molecule has 0 atom stereocenters. The molecule has 1 saturated carbocycles. The van der Waals surface area contributed by atoms with Crippen LogP contribution in [0, 0.1) is 5.92 Å². The quantitative estimate of drug-likeness (QED) is 0.391. The lowest BCUT2D eigenvalue weighted by molar-refractivity contribution is -0.137. The van der Waals surface area contributed by atoms with Crippen molar-refractivity contribution in [2.45, 2.75) is 31.9 Å². The van der Waals surface area contributed by atoms with Crippen LogP contribution in [0.2, 0.25) is 0 Å². The Labute approximate surface area is 200 Å². The van der Waals surface area contributed by atoms with Crippen LogP contribution in [0.25, 0.3) is 10.8 Å². The number of carbonyl (C=O) groups is 1. The highest BCUT2D eigenvalue weighted by Gasteiger charge is 2.30. The molecule has 10 heteroatoms. The number of morpholine rings is 1. The summed E-state index contributed by atoms with van der Waals surface area (Å²) in [4.78, 5) is 27.1. The smallest absolute Gasteiger partial charge is 0.378 e. The second-order valence-electron chi connectivity index (χ2n) is 8.96. The van der Waals surface area contributed by atoms with E-state index < -0.39 is 11.7 Å². The SMILES string of the molecule is O=C(NC(CC1CCC1)=Nc1[nH]cc2cc(C(F)(F)F)ccc12)c1ccc(N2CCOCC2)nc1. The van der Waals surface area contributed by atoms with Crippen LogP contribution < -0.4 is 10.2 Å². The molecular weight excluding hydrogens is 459 g/mol. The summed E-state index contributed by atoms with van der Waals surface area (Å²) < 4.78 is 44.5. The summed E-state index contributed by atoms with van der Waals surface area (Å²) >= 11 is 0. The van der Waals surface area contributed by atoms with Gasteiger partial charge in [-0.2, -0.15) is 13.2 Å². The zero-order chi connectivity index (χ0) is 24.4. The Balaban J connectivity index is 1.36. The van der Waals surface area contributed by atoms with Gasteiger partial charge >= 0.3 is 6.18 Å². The summed E-state index contributed by atoms with van der Waals surface area (Å²) in [5.74, 6) is 1.81. The number of aromatic amines is 1. The molecule has 184 valence electrons. The maximum Gasteiger partial charge on any atom is 0.416 e. The number of hydrogen-bond acceptors (Lipinski definition) is 5. The van der Waals surface area contributed by atoms with Gasteiger partial charge < -0.3 is 19.9 Å². The van der Waals surface area contributed by atoms with Gasteiger partial charge in [-0.15, -0.1) is 0 Å². The molecule has 1 aliphatic carbocycles. The van der Waals surface area contributed by atoms with E-state index in [0.29, 0.717) is 53.5 Å². The van der Waals surface area contributed by atoms with Gasteiger partial charge in [0, 0.05) is 42.7 Å². The molecule has 0 spiro atoms. The van der Waals surface area contributed by atoms with Crippen LogP contribution in [-0.4, -0.2) is 48.0 Å². The summed E-state index contributed by atoms with van der Waals surface area (Å²) in [5, 5.41) is 3.88. The lowest BCUT2D eigenvalue weighted by Gasteiger charge is -2.27. The second-order valence-corrected chi connectivity index (χ2v) is 8.96. The normalized spacial score (nSPS) is 17.5. The third kappa shape index (κ3) is 5.32. The zero-order valence-electron chi connectivity index (χ0n) is 19.1. The number of aromatic nitrogens is 2. The van der Waals surface area contributed by atoms with Gasteiger partial charge in [-0.25, -0.2) is 9.98 Å². The maximum atomic E-state index is 13.1. The van der Waals surface area contributed by atoms with E-state index in [1.807, 2.05) is 6.07 Å². The van der Waals surface area contributed by atoms with Crippen molar-refractivity contribution < 1.29 is 22.7 Å². The molecule has 2 aromatic heterocycles. The molecule has 35 heavy (non-hydrogen) atoms. The largest absolute Gasteiger partial charge is 0.416 e. The number of aliphatic imine (C=N–C) groups is 1. The lowest BCUT2D eigenvalue weighted by Crippen LogP contribution is -2.37. The highest BCUT2D eigenvalue weighted by Crippen LogP contribution is 2.35. The first-order valence-corrected chi connectivity index (χ1v) is 11.7. The van der Waals surface area contributed by atoms with Crippen LogP contribution in [0.3, 0.4) is 0 Å². The van der Waals surface area contributed by atoms with Gasteiger partial charge in [-0.05, 0) is 36.2 Å². The first kappa shape index (κ1) is 23.3. The molecule has 1 aromatic carbocycles. The van der Waals surface area contributed by atoms with Crippen LogP contribution in [0.4, 0.5) is 24.8 Å². The van der Waals surface area contributed by atoms with E-state index in [0.717, 1.165) is 50.3 Å². The number of amidine groups is 1. The van der Waals surface area contributed by atoms with Gasteiger partial charge in [0.2, 0.25) is 0 Å². The highest BCUT2D eigenvalue weighted by atomic mass is 19.4. The number of alkyl halides is 3. The molecule has 0 bridgehead atoms. The number of rotatable bonds is 5. The van der Waals surface area contributed by atoms with Crippen LogP contribution in [0.5, 0.6) is 0 Å². The Morgan fingerprint density at radius 2 is 2.00 bits per heavy atom. The Morgan fingerprint density at radius 3 is 2.66 bits per heavy atom. The minimum atomic E-state index is -4.41. The van der Waals surface area contributed by atoms with E-state index in [4.69, 9.17) is 4.74 Å². The molecule has 5 rings (SSSR count). The van der Waals surface area contributed by atoms with Crippen molar-refractivity contribution in [3.8, 4) is 0 Å². The number of H-pyrrole nitrogens is 1. The van der Waals surface area contributed by atoms with E-state index in [1.54, 1.807) is 12.3 Å². The summed E-state index contributed by atoms with van der Waals surface area (Å²) in [5.41, 5.74) is -0.301. The molecule has 0 radical (unpaired) electrons. The zero-order valence-corrected chi connectivity index (χ0v) is 19.1. The second kappa shape index (κ2) is 9.69. The molecule has 3 aromatic rings. The summed E-state index contributed by atoms with van der Waals surface area (Å²) in [6.45, 7) is 2.81. The van der Waals surface area contributed by atoms with Crippen LogP contribution in [-0.2, 0) is 10.9 Å². The summed E-state index contributed by atoms with van der Waals surface area (Å²) in [7, 11) is 0. The monoisotopic (exact) mass is 485 g/mol. The molecular formula is C25H26F3N5O2. The standard InChI is InChI=1S/C25H26F3N5O2/c26-25(27,28)19-5-6-20-18(13-19)15-30-23(20)31-21(12-16-2-1-3-16)32-24(34)17-4-7-22(29-14-17)33-8-10-35-11-9-33/h4-7,13-16,30H,1-3,8-12H2,(H,31,32,34). The minimum Gasteiger partial charge on any atom is -0.378 e.